The number of carbonyl (C=O) groups excluding carboxylic acids is 1. The predicted molar refractivity (Wildman–Crippen MR) is 53.6 cm³/mol. The van der Waals surface area contributed by atoms with Crippen LogP contribution in [0.1, 0.15) is 16.1 Å². The second kappa shape index (κ2) is 5.72. The Morgan fingerprint density at radius 1 is 1.37 bits per heavy atom. The van der Waals surface area contributed by atoms with Gasteiger partial charge < -0.3 is 14.2 Å². The average Bonchev–Trinajstić information content (AvgIpc) is 2.35. The highest BCUT2D eigenvalue weighted by Crippen LogP contribution is 2.30. The molecule has 1 aromatic rings. The highest BCUT2D eigenvalue weighted by Gasteiger charge is 2.33. The van der Waals surface area contributed by atoms with E-state index in [4.69, 9.17) is 0 Å². The fourth-order valence-corrected chi connectivity index (χ4v) is 1.23. The summed E-state index contributed by atoms with van der Waals surface area (Å²) in [5.41, 5.74) is -1.04. The van der Waals surface area contributed by atoms with Crippen LogP contribution in [0.15, 0.2) is 6.07 Å². The predicted octanol–water partition coefficient (Wildman–Crippen LogP) is 2.24. The summed E-state index contributed by atoms with van der Waals surface area (Å²) in [4.78, 5) is 14.8. The molecule has 0 bridgehead atoms. The molecule has 5 nitrogen and oxygen atoms in total. The zero-order valence-electron chi connectivity index (χ0n) is 9.88. The van der Waals surface area contributed by atoms with Gasteiger partial charge in [-0.25, -0.2) is 14.2 Å². The highest BCUT2D eigenvalue weighted by atomic mass is 19.4. The maximum Gasteiger partial charge on any atom is 0.573 e. The normalized spacial score (nSPS) is 11.1. The van der Waals surface area contributed by atoms with Crippen LogP contribution in [0.3, 0.4) is 0 Å². The van der Waals surface area contributed by atoms with E-state index in [-0.39, 0.29) is 5.88 Å². The van der Waals surface area contributed by atoms with Crippen LogP contribution in [0.4, 0.5) is 17.6 Å². The zero-order valence-corrected chi connectivity index (χ0v) is 9.88. The Morgan fingerprint density at radius 3 is 2.42 bits per heavy atom. The van der Waals surface area contributed by atoms with E-state index in [0.717, 1.165) is 14.2 Å². The van der Waals surface area contributed by atoms with Gasteiger partial charge in [0.25, 0.3) is 0 Å². The first kappa shape index (κ1) is 15.0. The second-order valence-corrected chi connectivity index (χ2v) is 3.16. The summed E-state index contributed by atoms with van der Waals surface area (Å²) in [7, 11) is 2.15. The number of nitrogens with zero attached hydrogens (tertiary/aromatic N) is 1. The van der Waals surface area contributed by atoms with Crippen molar-refractivity contribution >= 4 is 5.97 Å². The molecule has 0 saturated heterocycles. The van der Waals surface area contributed by atoms with Gasteiger partial charge in [-0.2, -0.15) is 0 Å². The van der Waals surface area contributed by atoms with Crippen molar-refractivity contribution in [1.82, 2.24) is 4.98 Å². The lowest BCUT2D eigenvalue weighted by Gasteiger charge is -2.14. The van der Waals surface area contributed by atoms with Crippen LogP contribution >= 0.6 is 0 Å². The van der Waals surface area contributed by atoms with Crippen molar-refractivity contribution in [3.05, 3.63) is 17.3 Å². The van der Waals surface area contributed by atoms with Crippen molar-refractivity contribution < 1.29 is 36.6 Å². The van der Waals surface area contributed by atoms with Crippen molar-refractivity contribution in [2.45, 2.75) is 13.0 Å². The van der Waals surface area contributed by atoms with Crippen LogP contribution in [0.5, 0.6) is 11.6 Å². The molecule has 1 heterocycles. The number of alkyl halides is 4. The minimum absolute atomic E-state index is 0.353. The zero-order chi connectivity index (χ0) is 14.6. The fraction of sp³-hybridized carbons (Fsp3) is 0.400. The number of ether oxygens (including phenoxy) is 3. The van der Waals surface area contributed by atoms with E-state index >= 15 is 0 Å². The summed E-state index contributed by atoms with van der Waals surface area (Å²) in [5.74, 6) is -2.26. The maximum atomic E-state index is 12.6. The fourth-order valence-electron chi connectivity index (χ4n) is 1.23. The molecule has 0 amide bonds. The van der Waals surface area contributed by atoms with Crippen molar-refractivity contribution in [2.24, 2.45) is 0 Å². The molecule has 0 N–H and O–H groups in total. The summed E-state index contributed by atoms with van der Waals surface area (Å²) < 4.78 is 61.6. The van der Waals surface area contributed by atoms with Gasteiger partial charge >= 0.3 is 12.3 Å². The molecule has 106 valence electrons. The SMILES string of the molecule is COC(=O)c1cc(OC(F)(F)F)c(CF)nc1OC. The van der Waals surface area contributed by atoms with Crippen molar-refractivity contribution in [3.8, 4) is 11.6 Å². The molecule has 0 aliphatic rings. The Labute approximate surface area is 105 Å². The molecule has 0 saturated carbocycles. The summed E-state index contributed by atoms with van der Waals surface area (Å²) in [6.45, 7) is -1.32. The third kappa shape index (κ3) is 3.70. The molecule has 1 rings (SSSR count). The van der Waals surface area contributed by atoms with Gasteiger partial charge in [-0.1, -0.05) is 0 Å². The van der Waals surface area contributed by atoms with E-state index in [1.807, 2.05) is 0 Å². The molecule has 0 atom stereocenters. The third-order valence-electron chi connectivity index (χ3n) is 1.98. The van der Waals surface area contributed by atoms with Crippen LogP contribution in [-0.4, -0.2) is 31.5 Å². The van der Waals surface area contributed by atoms with Crippen LogP contribution in [0.2, 0.25) is 0 Å². The molecule has 19 heavy (non-hydrogen) atoms. The Hall–Kier alpha value is -2.06. The number of pyridine rings is 1. The minimum Gasteiger partial charge on any atom is -0.480 e. The number of esters is 1. The van der Waals surface area contributed by atoms with Crippen molar-refractivity contribution in [2.75, 3.05) is 14.2 Å². The molecule has 0 radical (unpaired) electrons. The lowest BCUT2D eigenvalue weighted by Crippen LogP contribution is -2.19. The molecule has 0 fully saturated rings. The lowest BCUT2D eigenvalue weighted by atomic mass is 10.2. The maximum absolute atomic E-state index is 12.6. The number of hydrogen-bond acceptors (Lipinski definition) is 5. The Bertz CT molecular complexity index is 475. The van der Waals surface area contributed by atoms with E-state index in [1.165, 1.54) is 0 Å². The Morgan fingerprint density at radius 2 is 2.00 bits per heavy atom. The first-order valence-corrected chi connectivity index (χ1v) is 4.80. The van der Waals surface area contributed by atoms with E-state index in [0.29, 0.717) is 6.07 Å². The van der Waals surface area contributed by atoms with Gasteiger partial charge in [-0.3, -0.25) is 0 Å². The van der Waals surface area contributed by atoms with E-state index < -0.39 is 36.0 Å². The molecule has 0 aliphatic carbocycles. The topological polar surface area (TPSA) is 57.7 Å². The van der Waals surface area contributed by atoms with Crippen LogP contribution < -0.4 is 9.47 Å². The van der Waals surface area contributed by atoms with Gasteiger partial charge in [-0.05, 0) is 0 Å². The largest absolute Gasteiger partial charge is 0.573 e. The molecule has 0 spiro atoms. The van der Waals surface area contributed by atoms with Gasteiger partial charge in [0, 0.05) is 6.07 Å². The Balaban J connectivity index is 3.33. The molecular formula is C10H9F4NO4. The highest BCUT2D eigenvalue weighted by molar-refractivity contribution is 5.92. The summed E-state index contributed by atoms with van der Waals surface area (Å²) in [6.07, 6.45) is -5.03. The van der Waals surface area contributed by atoms with Crippen LogP contribution in [0.25, 0.3) is 0 Å². The first-order chi connectivity index (χ1) is 8.82. The summed E-state index contributed by atoms with van der Waals surface area (Å²) in [6, 6.07) is 0.667. The second-order valence-electron chi connectivity index (χ2n) is 3.16. The minimum atomic E-state index is -5.03. The average molecular weight is 283 g/mol. The standard InChI is InChI=1S/C10H9F4NO4/c1-17-8-5(9(16)18-2)3-7(6(4-11)15-8)19-10(12,13)14/h3H,4H2,1-2H3. The summed E-state index contributed by atoms with van der Waals surface area (Å²) in [5, 5.41) is 0. The van der Waals surface area contributed by atoms with Crippen molar-refractivity contribution in [3.63, 3.8) is 0 Å². The van der Waals surface area contributed by atoms with E-state index in [1.54, 1.807) is 0 Å². The number of hydrogen-bond donors (Lipinski definition) is 0. The van der Waals surface area contributed by atoms with E-state index in [9.17, 15) is 22.4 Å². The molecule has 0 aromatic carbocycles. The number of rotatable bonds is 4. The lowest BCUT2D eigenvalue weighted by molar-refractivity contribution is -0.275. The van der Waals surface area contributed by atoms with Crippen LogP contribution in [0, 0.1) is 0 Å². The first-order valence-electron chi connectivity index (χ1n) is 4.80. The monoisotopic (exact) mass is 283 g/mol. The Kier molecular flexibility index (Phi) is 4.52. The van der Waals surface area contributed by atoms with Gasteiger partial charge in [0.15, 0.2) is 5.75 Å². The number of halogens is 4. The van der Waals surface area contributed by atoms with Gasteiger partial charge in [0.2, 0.25) is 5.88 Å². The molecule has 0 aliphatic heterocycles. The smallest absolute Gasteiger partial charge is 0.480 e. The van der Waals surface area contributed by atoms with E-state index in [2.05, 4.69) is 19.2 Å². The molecule has 0 unspecified atom stereocenters. The van der Waals surface area contributed by atoms with Gasteiger partial charge in [0.05, 0.1) is 14.2 Å². The summed E-state index contributed by atoms with van der Waals surface area (Å²) >= 11 is 0. The molecule has 1 aromatic heterocycles. The molecular weight excluding hydrogens is 274 g/mol. The number of methoxy groups -OCH3 is 2. The van der Waals surface area contributed by atoms with Gasteiger partial charge in [-0.15, -0.1) is 13.2 Å². The van der Waals surface area contributed by atoms with Crippen molar-refractivity contribution in [1.29, 1.82) is 0 Å². The number of aromatic nitrogens is 1. The number of carbonyl (C=O) groups is 1. The third-order valence-corrected chi connectivity index (χ3v) is 1.98. The quantitative estimate of drug-likeness (QED) is 0.626. The van der Waals surface area contributed by atoms with Gasteiger partial charge in [0.1, 0.15) is 17.9 Å². The van der Waals surface area contributed by atoms with Crippen LogP contribution in [-0.2, 0) is 11.4 Å². The molecule has 9 heteroatoms.